The summed E-state index contributed by atoms with van der Waals surface area (Å²) in [6.07, 6.45) is 1.15. The molecule has 1 atom stereocenters. The molecule has 0 spiro atoms. The second-order valence-electron chi connectivity index (χ2n) is 6.06. The van der Waals surface area contributed by atoms with Gasteiger partial charge in [-0.25, -0.2) is 0 Å². The summed E-state index contributed by atoms with van der Waals surface area (Å²) in [5, 5.41) is 5.37. The highest BCUT2D eigenvalue weighted by molar-refractivity contribution is 6.09. The van der Waals surface area contributed by atoms with Gasteiger partial charge in [0.05, 0.1) is 0 Å². The molecule has 4 heteroatoms. The number of carbonyl (C=O) groups excluding carboxylic acids is 1. The van der Waals surface area contributed by atoms with Crippen molar-refractivity contribution in [2.75, 3.05) is 5.32 Å². The van der Waals surface area contributed by atoms with E-state index in [1.165, 1.54) is 21.8 Å². The quantitative estimate of drug-likeness (QED) is 0.751. The van der Waals surface area contributed by atoms with E-state index in [1.54, 1.807) is 0 Å². The second kappa shape index (κ2) is 6.42. The lowest BCUT2D eigenvalue weighted by molar-refractivity contribution is -0.116. The van der Waals surface area contributed by atoms with Crippen LogP contribution in [-0.4, -0.2) is 16.5 Å². The zero-order valence-corrected chi connectivity index (χ0v) is 13.7. The van der Waals surface area contributed by atoms with Gasteiger partial charge in [0, 0.05) is 46.5 Å². The molecule has 3 aromatic rings. The Hall–Kier alpha value is -2.33. The molecule has 1 heterocycles. The fourth-order valence-electron chi connectivity index (χ4n) is 3.05. The molecule has 3 N–H and O–H groups in total. The summed E-state index contributed by atoms with van der Waals surface area (Å²) in [6, 6.07) is 14.5. The fourth-order valence-corrected chi connectivity index (χ4v) is 3.05. The largest absolute Gasteiger partial charge is 0.341 e. The number of hydrogen-bond donors (Lipinski definition) is 2. The Morgan fingerprint density at radius 1 is 1.17 bits per heavy atom. The van der Waals surface area contributed by atoms with Gasteiger partial charge in [-0.1, -0.05) is 18.2 Å². The molecule has 2 aromatic carbocycles. The Bertz CT molecular complexity index is 848. The number of nitrogens with two attached hydrogens (primary N) is 1. The Kier molecular flexibility index (Phi) is 4.35. The molecule has 3 rings (SSSR count). The molecule has 0 aliphatic heterocycles. The third-order valence-corrected chi connectivity index (χ3v) is 4.20. The topological polar surface area (TPSA) is 60.0 Å². The van der Waals surface area contributed by atoms with Crippen LogP contribution in [0.25, 0.3) is 21.8 Å². The first-order chi connectivity index (χ1) is 11.1. The summed E-state index contributed by atoms with van der Waals surface area (Å²) in [5.74, 6) is 0.0147. The van der Waals surface area contributed by atoms with E-state index in [-0.39, 0.29) is 11.9 Å². The Morgan fingerprint density at radius 2 is 1.91 bits per heavy atom. The van der Waals surface area contributed by atoms with Gasteiger partial charge in [0.2, 0.25) is 5.91 Å². The van der Waals surface area contributed by atoms with E-state index in [2.05, 4.69) is 53.2 Å². The maximum Gasteiger partial charge on any atom is 0.224 e. The van der Waals surface area contributed by atoms with Gasteiger partial charge < -0.3 is 15.6 Å². The van der Waals surface area contributed by atoms with Gasteiger partial charge in [-0.15, -0.1) is 0 Å². The third kappa shape index (κ3) is 3.08. The molecule has 4 nitrogen and oxygen atoms in total. The lowest BCUT2D eigenvalue weighted by atomic mass is 10.1. The summed E-state index contributed by atoms with van der Waals surface area (Å²) >= 11 is 0. The molecule has 1 amide bonds. The van der Waals surface area contributed by atoms with Crippen LogP contribution in [-0.2, 0) is 11.3 Å². The number of amides is 1. The van der Waals surface area contributed by atoms with Crippen LogP contribution in [0.2, 0.25) is 0 Å². The van der Waals surface area contributed by atoms with Crippen molar-refractivity contribution in [3.8, 4) is 0 Å². The van der Waals surface area contributed by atoms with Gasteiger partial charge in [-0.3, -0.25) is 4.79 Å². The lowest BCUT2D eigenvalue weighted by Crippen LogP contribution is -2.19. The molecule has 1 aromatic heterocycles. The van der Waals surface area contributed by atoms with E-state index in [1.807, 2.05) is 13.0 Å². The normalized spacial score (nSPS) is 12.7. The predicted molar refractivity (Wildman–Crippen MR) is 96.6 cm³/mol. The predicted octanol–water partition coefficient (Wildman–Crippen LogP) is 3.88. The van der Waals surface area contributed by atoms with Crippen molar-refractivity contribution >= 4 is 33.4 Å². The first-order valence-electron chi connectivity index (χ1n) is 8.16. The van der Waals surface area contributed by atoms with E-state index in [9.17, 15) is 4.79 Å². The number of hydrogen-bond acceptors (Lipinski definition) is 2. The number of para-hydroxylation sites is 1. The van der Waals surface area contributed by atoms with Crippen molar-refractivity contribution in [2.45, 2.75) is 39.3 Å². The molecular formula is C19H23N3O. The highest BCUT2D eigenvalue weighted by Crippen LogP contribution is 2.30. The maximum absolute atomic E-state index is 12.0. The van der Waals surface area contributed by atoms with Gasteiger partial charge in [0.25, 0.3) is 0 Å². The number of benzene rings is 2. The molecule has 0 saturated carbocycles. The van der Waals surface area contributed by atoms with Gasteiger partial charge in [0.1, 0.15) is 0 Å². The van der Waals surface area contributed by atoms with Crippen LogP contribution in [0.4, 0.5) is 5.69 Å². The number of aryl methyl sites for hydroxylation is 1. The highest BCUT2D eigenvalue weighted by Gasteiger charge is 2.11. The first-order valence-corrected chi connectivity index (χ1v) is 8.16. The summed E-state index contributed by atoms with van der Waals surface area (Å²) < 4.78 is 2.30. The molecular weight excluding hydrogens is 286 g/mol. The Morgan fingerprint density at radius 3 is 2.65 bits per heavy atom. The van der Waals surface area contributed by atoms with Crippen molar-refractivity contribution < 1.29 is 4.79 Å². The Labute approximate surface area is 136 Å². The first kappa shape index (κ1) is 15.6. The number of fused-ring (bicyclic) bond motifs is 3. The monoisotopic (exact) mass is 309 g/mol. The summed E-state index contributed by atoms with van der Waals surface area (Å²) in [4.78, 5) is 12.0. The summed E-state index contributed by atoms with van der Waals surface area (Å²) in [5.41, 5.74) is 8.97. The smallest absolute Gasteiger partial charge is 0.224 e. The zero-order valence-electron chi connectivity index (χ0n) is 13.7. The van der Waals surface area contributed by atoms with Crippen LogP contribution in [0, 0.1) is 0 Å². The average molecular weight is 309 g/mol. The summed E-state index contributed by atoms with van der Waals surface area (Å²) in [7, 11) is 0. The van der Waals surface area contributed by atoms with Crippen molar-refractivity contribution in [3.05, 3.63) is 42.5 Å². The van der Waals surface area contributed by atoms with Crippen molar-refractivity contribution in [1.82, 2.24) is 4.57 Å². The van der Waals surface area contributed by atoms with E-state index < -0.39 is 0 Å². The molecule has 0 fully saturated rings. The minimum atomic E-state index is 0.0147. The highest BCUT2D eigenvalue weighted by atomic mass is 16.1. The molecule has 0 bridgehead atoms. The van der Waals surface area contributed by atoms with Crippen LogP contribution in [0.1, 0.15) is 26.7 Å². The summed E-state index contributed by atoms with van der Waals surface area (Å²) in [6.45, 7) is 4.98. The van der Waals surface area contributed by atoms with Crippen molar-refractivity contribution in [2.24, 2.45) is 5.73 Å². The number of aromatic nitrogens is 1. The van der Waals surface area contributed by atoms with Crippen molar-refractivity contribution in [1.29, 1.82) is 0 Å². The average Bonchev–Trinajstić information content (AvgIpc) is 2.86. The van der Waals surface area contributed by atoms with Crippen LogP contribution >= 0.6 is 0 Å². The Balaban J connectivity index is 1.96. The van der Waals surface area contributed by atoms with E-state index >= 15 is 0 Å². The van der Waals surface area contributed by atoms with Crippen LogP contribution in [0.5, 0.6) is 0 Å². The molecule has 0 saturated heterocycles. The SMILES string of the molecule is CCn1c2ccccc2c2cc(NC(=O)CCC(C)N)ccc21. The van der Waals surface area contributed by atoms with Crippen LogP contribution < -0.4 is 11.1 Å². The maximum atomic E-state index is 12.0. The number of carbonyl (C=O) groups is 1. The number of anilines is 1. The molecule has 23 heavy (non-hydrogen) atoms. The van der Waals surface area contributed by atoms with Gasteiger partial charge >= 0.3 is 0 Å². The van der Waals surface area contributed by atoms with E-state index in [0.29, 0.717) is 12.8 Å². The minimum absolute atomic E-state index is 0.0147. The molecule has 1 unspecified atom stereocenters. The lowest BCUT2D eigenvalue weighted by Gasteiger charge is -2.08. The number of rotatable bonds is 5. The van der Waals surface area contributed by atoms with E-state index in [4.69, 9.17) is 5.73 Å². The van der Waals surface area contributed by atoms with Gasteiger partial charge in [-0.05, 0) is 44.5 Å². The van der Waals surface area contributed by atoms with Crippen molar-refractivity contribution in [3.63, 3.8) is 0 Å². The molecule has 120 valence electrons. The molecule has 0 aliphatic carbocycles. The zero-order chi connectivity index (χ0) is 16.4. The van der Waals surface area contributed by atoms with E-state index in [0.717, 1.165) is 12.2 Å². The van der Waals surface area contributed by atoms with Crippen LogP contribution in [0.15, 0.2) is 42.5 Å². The fraction of sp³-hybridized carbons (Fsp3) is 0.316. The van der Waals surface area contributed by atoms with Gasteiger partial charge in [-0.2, -0.15) is 0 Å². The second-order valence-corrected chi connectivity index (χ2v) is 6.06. The standard InChI is InChI=1S/C19H23N3O/c1-3-22-17-7-5-4-6-15(17)16-12-14(9-10-18(16)22)21-19(23)11-8-13(2)20/h4-7,9-10,12-13H,3,8,11,20H2,1-2H3,(H,21,23). The van der Waals surface area contributed by atoms with Gasteiger partial charge in [0.15, 0.2) is 0 Å². The number of nitrogens with zero attached hydrogens (tertiary/aromatic N) is 1. The van der Waals surface area contributed by atoms with Crippen LogP contribution in [0.3, 0.4) is 0 Å². The molecule has 0 radical (unpaired) electrons. The third-order valence-electron chi connectivity index (χ3n) is 4.20. The molecule has 0 aliphatic rings. The minimum Gasteiger partial charge on any atom is -0.341 e. The number of nitrogens with one attached hydrogen (secondary N) is 1.